The van der Waals surface area contributed by atoms with E-state index in [1.807, 2.05) is 0 Å². The van der Waals surface area contributed by atoms with Crippen LogP contribution in [0.2, 0.25) is 0 Å². The van der Waals surface area contributed by atoms with Gasteiger partial charge in [0.15, 0.2) is 6.10 Å². The predicted octanol–water partition coefficient (Wildman–Crippen LogP) is 4.82. The van der Waals surface area contributed by atoms with Gasteiger partial charge in [-0.15, -0.1) is 0 Å². The molecule has 0 heterocycles. The van der Waals surface area contributed by atoms with Crippen molar-refractivity contribution in [2.75, 3.05) is 19.8 Å². The molecule has 0 saturated carbocycles. The van der Waals surface area contributed by atoms with Crippen LogP contribution in [0.3, 0.4) is 0 Å². The van der Waals surface area contributed by atoms with Crippen molar-refractivity contribution < 1.29 is 47.5 Å². The molecule has 220 valence electrons. The van der Waals surface area contributed by atoms with Crippen LogP contribution in [-0.2, 0) is 37.5 Å². The Hall–Kier alpha value is -2.04. The van der Waals surface area contributed by atoms with Crippen LogP contribution in [0.15, 0.2) is 24.3 Å². The summed E-state index contributed by atoms with van der Waals surface area (Å²) in [6.45, 7) is 1.63. The number of carbonyl (C=O) groups excluding carboxylic acids is 2. The molecule has 3 atom stereocenters. The molecule has 0 spiro atoms. The molecule has 0 aliphatic rings. The normalized spacial score (nSPS) is 14.8. The molecule has 0 aliphatic carbocycles. The first-order valence-corrected chi connectivity index (χ1v) is 14.8. The van der Waals surface area contributed by atoms with E-state index in [9.17, 15) is 23.8 Å². The third kappa shape index (κ3) is 23.1. The molecule has 4 N–H and O–H groups in total. The van der Waals surface area contributed by atoms with Crippen LogP contribution < -0.4 is 5.73 Å². The maximum Gasteiger partial charge on any atom is 0.472 e. The summed E-state index contributed by atoms with van der Waals surface area (Å²) in [7, 11) is -4.67. The van der Waals surface area contributed by atoms with Gasteiger partial charge in [-0.1, -0.05) is 63.3 Å². The molecular weight excluding hydrogens is 517 g/mol. The van der Waals surface area contributed by atoms with E-state index >= 15 is 0 Å². The van der Waals surface area contributed by atoms with Crippen LogP contribution in [0.25, 0.3) is 0 Å². The highest BCUT2D eigenvalue weighted by Crippen LogP contribution is 2.43. The Labute approximate surface area is 226 Å². The zero-order valence-electron chi connectivity index (χ0n) is 22.8. The molecule has 0 aliphatic heterocycles. The fraction of sp³-hybridized carbons (Fsp3) is 0.731. The average Bonchev–Trinajstić information content (AvgIpc) is 2.86. The Bertz CT molecular complexity index is 771. The minimum absolute atomic E-state index is 0.141. The topological polar surface area (TPSA) is 172 Å². The molecule has 38 heavy (non-hydrogen) atoms. The molecular formula is C26H46NO10P. The summed E-state index contributed by atoms with van der Waals surface area (Å²) in [5.41, 5.74) is 5.21. The lowest BCUT2D eigenvalue weighted by Gasteiger charge is -2.20. The van der Waals surface area contributed by atoms with Crippen LogP contribution in [0.5, 0.6) is 0 Å². The predicted molar refractivity (Wildman–Crippen MR) is 143 cm³/mol. The first kappa shape index (κ1) is 36.0. The molecule has 0 aromatic carbocycles. The van der Waals surface area contributed by atoms with E-state index in [2.05, 4.69) is 35.8 Å². The highest BCUT2D eigenvalue weighted by atomic mass is 31.2. The van der Waals surface area contributed by atoms with Gasteiger partial charge in [0, 0.05) is 13.3 Å². The fourth-order valence-electron chi connectivity index (χ4n) is 3.11. The third-order valence-electron chi connectivity index (χ3n) is 5.26. The molecule has 0 amide bonds. The van der Waals surface area contributed by atoms with E-state index in [1.165, 1.54) is 19.3 Å². The average molecular weight is 564 g/mol. The van der Waals surface area contributed by atoms with Crippen LogP contribution in [-0.4, -0.2) is 59.9 Å². The van der Waals surface area contributed by atoms with E-state index < -0.39 is 51.1 Å². The molecule has 0 saturated heterocycles. The van der Waals surface area contributed by atoms with Gasteiger partial charge < -0.3 is 25.2 Å². The molecule has 12 heteroatoms. The summed E-state index contributed by atoms with van der Waals surface area (Å²) < 4.78 is 31.2. The lowest BCUT2D eigenvalue weighted by atomic mass is 10.1. The van der Waals surface area contributed by atoms with Crippen molar-refractivity contribution >= 4 is 25.7 Å². The van der Waals surface area contributed by atoms with Crippen molar-refractivity contribution in [3.63, 3.8) is 0 Å². The number of aliphatic carboxylic acids is 1. The van der Waals surface area contributed by atoms with E-state index in [1.54, 1.807) is 0 Å². The number of nitrogens with two attached hydrogens (primary N) is 1. The smallest absolute Gasteiger partial charge is 0.472 e. The number of hydrogen-bond acceptors (Lipinski definition) is 9. The summed E-state index contributed by atoms with van der Waals surface area (Å²) in [4.78, 5) is 43.6. The Balaban J connectivity index is 4.14. The van der Waals surface area contributed by atoms with Crippen molar-refractivity contribution in [1.82, 2.24) is 0 Å². The summed E-state index contributed by atoms with van der Waals surface area (Å²) in [6.07, 6.45) is 19.4. The van der Waals surface area contributed by atoms with Gasteiger partial charge >= 0.3 is 25.7 Å². The van der Waals surface area contributed by atoms with E-state index in [0.29, 0.717) is 6.42 Å². The molecule has 0 radical (unpaired) electrons. The first-order chi connectivity index (χ1) is 18.1. The summed E-state index contributed by atoms with van der Waals surface area (Å²) >= 11 is 0. The maximum atomic E-state index is 12.2. The number of hydrogen-bond donors (Lipinski definition) is 3. The summed E-state index contributed by atoms with van der Waals surface area (Å²) in [5, 5.41) is 8.70. The molecule has 0 aromatic rings. The van der Waals surface area contributed by atoms with Crippen LogP contribution in [0, 0.1) is 0 Å². The van der Waals surface area contributed by atoms with Gasteiger partial charge in [0.05, 0.1) is 13.2 Å². The second-order valence-corrected chi connectivity index (χ2v) is 10.4. The van der Waals surface area contributed by atoms with Crippen LogP contribution >= 0.6 is 7.82 Å². The largest absolute Gasteiger partial charge is 0.480 e. The number of allylic oxidation sites excluding steroid dienone is 4. The van der Waals surface area contributed by atoms with Crippen molar-refractivity contribution in [3.8, 4) is 0 Å². The molecule has 0 bridgehead atoms. The van der Waals surface area contributed by atoms with Crippen LogP contribution in [0.1, 0.15) is 90.9 Å². The van der Waals surface area contributed by atoms with Crippen LogP contribution in [0.4, 0.5) is 0 Å². The van der Waals surface area contributed by atoms with Crippen molar-refractivity contribution in [3.05, 3.63) is 24.3 Å². The minimum atomic E-state index is -4.67. The van der Waals surface area contributed by atoms with E-state index in [4.69, 9.17) is 24.8 Å². The number of carbonyl (C=O) groups is 3. The number of esters is 2. The van der Waals surface area contributed by atoms with Gasteiger partial charge in [-0.3, -0.25) is 23.4 Å². The number of unbranched alkanes of at least 4 members (excludes halogenated alkanes) is 8. The number of rotatable bonds is 24. The SMILES string of the molecule is CCCCC/C=C\C/C=C\CCCCCCCC(=O)OC(COC(C)=O)COP(=O)(O)OCC(N)C(=O)O. The standard InChI is InChI=1S/C26H46NO10P/c1-3-4-5-6-7-8-9-10-11-12-13-14-15-16-17-18-25(29)37-23(19-34-22(2)28)20-35-38(32,33)36-21-24(27)26(30)31/h7-8,10-11,23-24H,3-6,9,12-21,27H2,1-2H3,(H,30,31)(H,32,33)/b8-7-,11-10-. The number of phosphoric ester groups is 1. The summed E-state index contributed by atoms with van der Waals surface area (Å²) in [5.74, 6) is -2.60. The fourth-order valence-corrected chi connectivity index (χ4v) is 3.89. The van der Waals surface area contributed by atoms with Crippen molar-refractivity contribution in [1.29, 1.82) is 0 Å². The van der Waals surface area contributed by atoms with E-state index in [-0.39, 0.29) is 13.0 Å². The Kier molecular flexibility index (Phi) is 21.7. The zero-order chi connectivity index (χ0) is 28.7. The summed E-state index contributed by atoms with van der Waals surface area (Å²) in [6, 6.07) is -1.52. The quantitative estimate of drug-likeness (QED) is 0.0636. The highest BCUT2D eigenvalue weighted by Gasteiger charge is 2.27. The molecule has 11 nitrogen and oxygen atoms in total. The number of phosphoric acid groups is 1. The zero-order valence-corrected chi connectivity index (χ0v) is 23.7. The minimum Gasteiger partial charge on any atom is -0.480 e. The van der Waals surface area contributed by atoms with Crippen molar-refractivity contribution in [2.45, 2.75) is 103 Å². The van der Waals surface area contributed by atoms with Gasteiger partial charge in [0.1, 0.15) is 12.6 Å². The Morgan fingerprint density at radius 2 is 1.45 bits per heavy atom. The third-order valence-corrected chi connectivity index (χ3v) is 6.21. The molecule has 0 fully saturated rings. The van der Waals surface area contributed by atoms with Crippen molar-refractivity contribution in [2.24, 2.45) is 5.73 Å². The lowest BCUT2D eigenvalue weighted by molar-refractivity contribution is -0.160. The molecule has 0 rings (SSSR count). The first-order valence-electron chi connectivity index (χ1n) is 13.3. The van der Waals surface area contributed by atoms with Gasteiger partial charge in [0.25, 0.3) is 0 Å². The number of ether oxygens (including phenoxy) is 2. The molecule has 3 unspecified atom stereocenters. The number of carboxylic acid groups (broad SMARTS) is 1. The number of carboxylic acids is 1. The highest BCUT2D eigenvalue weighted by molar-refractivity contribution is 7.47. The lowest BCUT2D eigenvalue weighted by Crippen LogP contribution is -2.34. The van der Waals surface area contributed by atoms with Gasteiger partial charge in [-0.25, -0.2) is 4.57 Å². The van der Waals surface area contributed by atoms with E-state index in [0.717, 1.165) is 51.9 Å². The Morgan fingerprint density at radius 1 is 0.868 bits per heavy atom. The van der Waals surface area contributed by atoms with Gasteiger partial charge in [-0.05, 0) is 38.5 Å². The second kappa shape index (κ2) is 22.9. The second-order valence-electron chi connectivity index (χ2n) is 8.90. The van der Waals surface area contributed by atoms with Gasteiger partial charge in [0.2, 0.25) is 0 Å². The van der Waals surface area contributed by atoms with Gasteiger partial charge in [-0.2, -0.15) is 0 Å². The maximum absolute atomic E-state index is 12.2. The molecule has 0 aromatic heterocycles. The monoisotopic (exact) mass is 563 g/mol. The Morgan fingerprint density at radius 3 is 2.05 bits per heavy atom.